The molecule has 0 fully saturated rings. The average molecular weight is 309 g/mol. The van der Waals surface area contributed by atoms with Crippen LogP contribution >= 0.6 is 0 Å². The molecular formula is C14H19N3O5. The van der Waals surface area contributed by atoms with E-state index in [4.69, 9.17) is 9.84 Å². The Balaban J connectivity index is 2.25. The Morgan fingerprint density at radius 3 is 2.59 bits per heavy atom. The van der Waals surface area contributed by atoms with E-state index in [9.17, 15) is 14.4 Å². The van der Waals surface area contributed by atoms with Crippen LogP contribution in [0.2, 0.25) is 0 Å². The van der Waals surface area contributed by atoms with Crippen LogP contribution in [-0.4, -0.2) is 61.7 Å². The molecule has 0 aliphatic rings. The fourth-order valence-electron chi connectivity index (χ4n) is 1.45. The van der Waals surface area contributed by atoms with Crippen LogP contribution in [0.4, 0.5) is 4.79 Å². The second-order valence-electron chi connectivity index (χ2n) is 4.58. The zero-order valence-electron chi connectivity index (χ0n) is 12.5. The van der Waals surface area contributed by atoms with Crippen LogP contribution in [-0.2, 0) is 4.79 Å². The lowest BCUT2D eigenvalue weighted by Crippen LogP contribution is -2.42. The summed E-state index contributed by atoms with van der Waals surface area (Å²) in [5, 5.41) is 13.8. The first-order valence-electron chi connectivity index (χ1n) is 6.58. The van der Waals surface area contributed by atoms with Crippen molar-refractivity contribution < 1.29 is 24.2 Å². The SMILES string of the molecule is CN(C)C(=O)NCC(=O)NCCOc1cccc(C(=O)O)c1. The average Bonchev–Trinajstić information content (AvgIpc) is 2.49. The van der Waals surface area contributed by atoms with Crippen molar-refractivity contribution in [1.82, 2.24) is 15.5 Å². The van der Waals surface area contributed by atoms with E-state index >= 15 is 0 Å². The van der Waals surface area contributed by atoms with Gasteiger partial charge in [-0.15, -0.1) is 0 Å². The molecular weight excluding hydrogens is 290 g/mol. The van der Waals surface area contributed by atoms with E-state index in [0.29, 0.717) is 5.75 Å². The third kappa shape index (κ3) is 6.12. The number of rotatable bonds is 7. The summed E-state index contributed by atoms with van der Waals surface area (Å²) in [6, 6.07) is 5.72. The van der Waals surface area contributed by atoms with Crippen LogP contribution in [0.3, 0.4) is 0 Å². The third-order valence-corrected chi connectivity index (χ3v) is 2.58. The van der Waals surface area contributed by atoms with Gasteiger partial charge in [0.1, 0.15) is 12.4 Å². The summed E-state index contributed by atoms with van der Waals surface area (Å²) in [5.74, 6) is -0.955. The number of nitrogens with zero attached hydrogens (tertiary/aromatic N) is 1. The Morgan fingerprint density at radius 1 is 1.23 bits per heavy atom. The highest BCUT2D eigenvalue weighted by atomic mass is 16.5. The minimum Gasteiger partial charge on any atom is -0.492 e. The van der Waals surface area contributed by atoms with Crippen molar-refractivity contribution in [2.75, 3.05) is 33.8 Å². The van der Waals surface area contributed by atoms with Gasteiger partial charge in [-0.05, 0) is 18.2 Å². The van der Waals surface area contributed by atoms with Crippen molar-refractivity contribution in [1.29, 1.82) is 0 Å². The van der Waals surface area contributed by atoms with Gasteiger partial charge in [0.15, 0.2) is 0 Å². The number of benzene rings is 1. The minimum atomic E-state index is -1.03. The summed E-state index contributed by atoms with van der Waals surface area (Å²) in [6.07, 6.45) is 0. The number of aromatic carboxylic acids is 1. The second-order valence-corrected chi connectivity index (χ2v) is 4.58. The van der Waals surface area contributed by atoms with Crippen LogP contribution in [0.15, 0.2) is 24.3 Å². The summed E-state index contributed by atoms with van der Waals surface area (Å²) in [4.78, 5) is 34.8. The number of carboxylic acids is 1. The fourth-order valence-corrected chi connectivity index (χ4v) is 1.45. The number of hydrogen-bond acceptors (Lipinski definition) is 4. The Morgan fingerprint density at radius 2 is 1.95 bits per heavy atom. The van der Waals surface area contributed by atoms with E-state index in [2.05, 4.69) is 10.6 Å². The molecule has 8 heteroatoms. The highest BCUT2D eigenvalue weighted by Gasteiger charge is 2.06. The molecule has 1 aromatic rings. The quantitative estimate of drug-likeness (QED) is 0.621. The van der Waals surface area contributed by atoms with Gasteiger partial charge in [-0.25, -0.2) is 9.59 Å². The van der Waals surface area contributed by atoms with Crippen LogP contribution in [0.1, 0.15) is 10.4 Å². The molecule has 0 saturated carbocycles. The summed E-state index contributed by atoms with van der Waals surface area (Å²) in [6.45, 7) is 0.315. The topological polar surface area (TPSA) is 108 Å². The van der Waals surface area contributed by atoms with Gasteiger partial charge >= 0.3 is 12.0 Å². The van der Waals surface area contributed by atoms with Crippen LogP contribution in [0.5, 0.6) is 5.75 Å². The maximum atomic E-state index is 11.4. The molecule has 120 valence electrons. The van der Waals surface area contributed by atoms with Gasteiger partial charge in [-0.2, -0.15) is 0 Å². The normalized spacial score (nSPS) is 9.73. The molecule has 0 aliphatic carbocycles. The molecule has 0 aromatic heterocycles. The minimum absolute atomic E-state index is 0.120. The van der Waals surface area contributed by atoms with Crippen LogP contribution in [0, 0.1) is 0 Å². The van der Waals surface area contributed by atoms with E-state index in [0.717, 1.165) is 0 Å². The molecule has 0 unspecified atom stereocenters. The lowest BCUT2D eigenvalue weighted by molar-refractivity contribution is -0.120. The molecule has 1 rings (SSSR count). The zero-order valence-corrected chi connectivity index (χ0v) is 12.5. The molecule has 22 heavy (non-hydrogen) atoms. The Hall–Kier alpha value is -2.77. The lowest BCUT2D eigenvalue weighted by atomic mass is 10.2. The van der Waals surface area contributed by atoms with Crippen molar-refractivity contribution >= 4 is 17.9 Å². The molecule has 0 radical (unpaired) electrons. The number of carbonyl (C=O) groups is 3. The lowest BCUT2D eigenvalue weighted by Gasteiger charge is -2.12. The summed E-state index contributed by atoms with van der Waals surface area (Å²) >= 11 is 0. The number of carboxylic acid groups (broad SMARTS) is 1. The maximum Gasteiger partial charge on any atom is 0.335 e. The number of ether oxygens (including phenoxy) is 1. The van der Waals surface area contributed by atoms with E-state index in [-0.39, 0.29) is 37.2 Å². The maximum absolute atomic E-state index is 11.4. The van der Waals surface area contributed by atoms with Crippen molar-refractivity contribution in [3.8, 4) is 5.75 Å². The summed E-state index contributed by atoms with van der Waals surface area (Å²) < 4.78 is 5.34. The van der Waals surface area contributed by atoms with Gasteiger partial charge < -0.3 is 25.4 Å². The van der Waals surface area contributed by atoms with Gasteiger partial charge in [-0.1, -0.05) is 6.07 Å². The van der Waals surface area contributed by atoms with Crippen LogP contribution in [0.25, 0.3) is 0 Å². The number of urea groups is 1. The number of amides is 3. The number of hydrogen-bond donors (Lipinski definition) is 3. The van der Waals surface area contributed by atoms with Gasteiger partial charge in [0, 0.05) is 14.1 Å². The summed E-state index contributed by atoms with van der Waals surface area (Å²) in [5.41, 5.74) is 0.132. The molecule has 0 atom stereocenters. The standard InChI is InChI=1S/C14H19N3O5/c1-17(2)14(21)16-9-12(18)15-6-7-22-11-5-3-4-10(8-11)13(19)20/h3-5,8H,6-7,9H2,1-2H3,(H,15,18)(H,16,21)(H,19,20). The van der Waals surface area contributed by atoms with Gasteiger partial charge in [-0.3, -0.25) is 4.79 Å². The van der Waals surface area contributed by atoms with Crippen molar-refractivity contribution in [3.63, 3.8) is 0 Å². The van der Waals surface area contributed by atoms with Crippen molar-refractivity contribution in [3.05, 3.63) is 29.8 Å². The predicted molar refractivity (Wildman–Crippen MR) is 79.0 cm³/mol. The van der Waals surface area contributed by atoms with Crippen LogP contribution < -0.4 is 15.4 Å². The van der Waals surface area contributed by atoms with Gasteiger partial charge in [0.2, 0.25) is 5.91 Å². The van der Waals surface area contributed by atoms with E-state index in [1.54, 1.807) is 26.2 Å². The molecule has 0 bridgehead atoms. The Labute approximate surface area is 128 Å². The first-order chi connectivity index (χ1) is 10.4. The third-order valence-electron chi connectivity index (χ3n) is 2.58. The largest absolute Gasteiger partial charge is 0.492 e. The predicted octanol–water partition coefficient (Wildman–Crippen LogP) is 0.151. The first-order valence-corrected chi connectivity index (χ1v) is 6.58. The van der Waals surface area contributed by atoms with E-state index in [1.807, 2.05) is 0 Å². The monoisotopic (exact) mass is 309 g/mol. The highest BCUT2D eigenvalue weighted by Crippen LogP contribution is 2.12. The molecule has 3 N–H and O–H groups in total. The number of carbonyl (C=O) groups excluding carboxylic acids is 2. The van der Waals surface area contributed by atoms with E-state index in [1.165, 1.54) is 17.0 Å². The van der Waals surface area contributed by atoms with Crippen molar-refractivity contribution in [2.24, 2.45) is 0 Å². The van der Waals surface area contributed by atoms with Gasteiger partial charge in [0.05, 0.1) is 18.7 Å². The highest BCUT2D eigenvalue weighted by molar-refractivity contribution is 5.88. The Bertz CT molecular complexity index is 545. The molecule has 0 saturated heterocycles. The summed E-state index contributed by atoms with van der Waals surface area (Å²) in [7, 11) is 3.15. The van der Waals surface area contributed by atoms with E-state index < -0.39 is 5.97 Å². The first kappa shape index (κ1) is 17.3. The fraction of sp³-hybridized carbons (Fsp3) is 0.357. The molecule has 3 amide bonds. The second kappa shape index (κ2) is 8.50. The Kier molecular flexibility index (Phi) is 6.68. The molecule has 1 aromatic carbocycles. The van der Waals surface area contributed by atoms with Gasteiger partial charge in [0.25, 0.3) is 0 Å². The van der Waals surface area contributed by atoms with Crippen molar-refractivity contribution in [2.45, 2.75) is 0 Å². The molecule has 0 aliphatic heterocycles. The smallest absolute Gasteiger partial charge is 0.335 e. The number of nitrogens with one attached hydrogen (secondary N) is 2. The zero-order chi connectivity index (χ0) is 16.5. The molecule has 8 nitrogen and oxygen atoms in total. The molecule has 0 spiro atoms. The molecule has 0 heterocycles.